The highest BCUT2D eigenvalue weighted by atomic mass is 35.5. The van der Waals surface area contributed by atoms with Crippen molar-refractivity contribution < 1.29 is 14.3 Å². The summed E-state index contributed by atoms with van der Waals surface area (Å²) in [5.41, 5.74) is 2.79. The number of esters is 1. The number of ether oxygens (including phenoxy) is 1. The Kier molecular flexibility index (Phi) is 5.34. The van der Waals surface area contributed by atoms with Gasteiger partial charge in [0.2, 0.25) is 0 Å². The topological polar surface area (TPSA) is 43.4 Å². The minimum atomic E-state index is -0.828. The SMILES string of the molecule is CCOC(=O)C1C(=O)C=C(c2ccccc2)CC1c1cccc(Cl)c1. The molecule has 0 spiro atoms. The van der Waals surface area contributed by atoms with E-state index in [0.717, 1.165) is 16.7 Å². The highest BCUT2D eigenvalue weighted by Gasteiger charge is 2.39. The van der Waals surface area contributed by atoms with Gasteiger partial charge >= 0.3 is 5.97 Å². The van der Waals surface area contributed by atoms with Crippen LogP contribution in [0.5, 0.6) is 0 Å². The Bertz CT molecular complexity index is 811. The smallest absolute Gasteiger partial charge is 0.317 e. The summed E-state index contributed by atoms with van der Waals surface area (Å²) < 4.78 is 5.15. The van der Waals surface area contributed by atoms with Crippen molar-refractivity contribution in [2.75, 3.05) is 6.61 Å². The fourth-order valence-electron chi connectivity index (χ4n) is 3.29. The van der Waals surface area contributed by atoms with E-state index in [4.69, 9.17) is 16.3 Å². The largest absolute Gasteiger partial charge is 0.465 e. The Balaban J connectivity index is 2.03. The summed E-state index contributed by atoms with van der Waals surface area (Å²) in [5, 5.41) is 0.586. The van der Waals surface area contributed by atoms with Crippen LogP contribution in [0.4, 0.5) is 0 Å². The van der Waals surface area contributed by atoms with Crippen molar-refractivity contribution in [2.24, 2.45) is 5.92 Å². The standard InChI is InChI=1S/C21H19ClO3/c1-2-25-21(24)20-18(15-9-6-10-17(22)11-15)12-16(13-19(20)23)14-7-4-3-5-8-14/h3-11,13,18,20H,2,12H2,1H3. The molecule has 2 aromatic carbocycles. The number of hydrogen-bond donors (Lipinski definition) is 0. The minimum Gasteiger partial charge on any atom is -0.465 e. The Morgan fingerprint density at radius 1 is 1.16 bits per heavy atom. The molecule has 0 aliphatic heterocycles. The fraction of sp³-hybridized carbons (Fsp3) is 0.238. The molecule has 3 nitrogen and oxygen atoms in total. The highest BCUT2D eigenvalue weighted by Crippen LogP contribution is 2.40. The molecule has 0 saturated carbocycles. The summed E-state index contributed by atoms with van der Waals surface area (Å²) in [6.07, 6.45) is 2.16. The van der Waals surface area contributed by atoms with Gasteiger partial charge in [-0.15, -0.1) is 0 Å². The molecule has 0 fully saturated rings. The summed E-state index contributed by atoms with van der Waals surface area (Å²) in [6.45, 7) is 1.99. The molecule has 0 N–H and O–H groups in total. The third kappa shape index (κ3) is 3.83. The fourth-order valence-corrected chi connectivity index (χ4v) is 3.49. The monoisotopic (exact) mass is 354 g/mol. The van der Waals surface area contributed by atoms with E-state index in [2.05, 4.69) is 0 Å². The summed E-state index contributed by atoms with van der Waals surface area (Å²) in [7, 11) is 0. The Labute approximate surface area is 152 Å². The summed E-state index contributed by atoms with van der Waals surface area (Å²) in [5.74, 6) is -1.80. The van der Waals surface area contributed by atoms with Crippen LogP contribution in [0, 0.1) is 5.92 Å². The van der Waals surface area contributed by atoms with Gasteiger partial charge in [0.1, 0.15) is 5.92 Å². The molecule has 4 heteroatoms. The van der Waals surface area contributed by atoms with Crippen molar-refractivity contribution in [1.82, 2.24) is 0 Å². The maximum absolute atomic E-state index is 12.8. The van der Waals surface area contributed by atoms with E-state index < -0.39 is 11.9 Å². The van der Waals surface area contributed by atoms with Gasteiger partial charge in [-0.25, -0.2) is 0 Å². The summed E-state index contributed by atoms with van der Waals surface area (Å²) in [6, 6.07) is 17.1. The zero-order valence-electron chi connectivity index (χ0n) is 13.9. The van der Waals surface area contributed by atoms with Gasteiger partial charge in [0.05, 0.1) is 6.61 Å². The van der Waals surface area contributed by atoms with Crippen LogP contribution in [0.15, 0.2) is 60.7 Å². The lowest BCUT2D eigenvalue weighted by Crippen LogP contribution is -2.34. The molecule has 2 aromatic rings. The molecule has 0 heterocycles. The normalized spacial score (nSPS) is 20.1. The molecule has 0 bridgehead atoms. The van der Waals surface area contributed by atoms with Gasteiger partial charge < -0.3 is 4.74 Å². The first kappa shape index (κ1) is 17.4. The third-order valence-corrected chi connectivity index (χ3v) is 4.66. The molecule has 0 amide bonds. The molecule has 0 saturated heterocycles. The van der Waals surface area contributed by atoms with Crippen LogP contribution in [-0.4, -0.2) is 18.4 Å². The second-order valence-corrected chi connectivity index (χ2v) is 6.47. The average Bonchev–Trinajstić information content (AvgIpc) is 2.62. The molecule has 128 valence electrons. The van der Waals surface area contributed by atoms with Crippen molar-refractivity contribution in [2.45, 2.75) is 19.3 Å². The molecule has 0 aromatic heterocycles. The Morgan fingerprint density at radius 3 is 2.60 bits per heavy atom. The molecule has 2 unspecified atom stereocenters. The average molecular weight is 355 g/mol. The molecule has 0 radical (unpaired) electrons. The van der Waals surface area contributed by atoms with Gasteiger partial charge in [0.25, 0.3) is 0 Å². The first-order chi connectivity index (χ1) is 12.1. The Hall–Kier alpha value is -2.39. The molecular formula is C21H19ClO3. The third-order valence-electron chi connectivity index (χ3n) is 4.43. The van der Waals surface area contributed by atoms with Crippen molar-refractivity contribution >= 4 is 28.9 Å². The van der Waals surface area contributed by atoms with Gasteiger partial charge in [-0.05, 0) is 48.3 Å². The number of rotatable bonds is 4. The van der Waals surface area contributed by atoms with Crippen molar-refractivity contribution in [1.29, 1.82) is 0 Å². The lowest BCUT2D eigenvalue weighted by atomic mass is 9.73. The number of hydrogen-bond acceptors (Lipinski definition) is 3. The number of ketones is 1. The maximum Gasteiger partial charge on any atom is 0.317 e. The van der Waals surface area contributed by atoms with Gasteiger partial charge in [-0.1, -0.05) is 54.1 Å². The van der Waals surface area contributed by atoms with Crippen LogP contribution in [0.25, 0.3) is 5.57 Å². The highest BCUT2D eigenvalue weighted by molar-refractivity contribution is 6.30. The van der Waals surface area contributed by atoms with Crippen LogP contribution in [0.1, 0.15) is 30.4 Å². The summed E-state index contributed by atoms with van der Waals surface area (Å²) >= 11 is 6.13. The van der Waals surface area contributed by atoms with Gasteiger partial charge in [0.15, 0.2) is 5.78 Å². The summed E-state index contributed by atoms with van der Waals surface area (Å²) in [4.78, 5) is 25.2. The van der Waals surface area contributed by atoms with Crippen molar-refractivity contribution in [3.05, 3.63) is 76.8 Å². The van der Waals surface area contributed by atoms with E-state index in [1.54, 1.807) is 19.1 Å². The zero-order valence-corrected chi connectivity index (χ0v) is 14.7. The van der Waals surface area contributed by atoms with E-state index >= 15 is 0 Å². The lowest BCUT2D eigenvalue weighted by Gasteiger charge is -2.29. The van der Waals surface area contributed by atoms with Crippen LogP contribution in [0.3, 0.4) is 0 Å². The molecule has 3 rings (SSSR count). The van der Waals surface area contributed by atoms with Crippen LogP contribution >= 0.6 is 11.6 Å². The van der Waals surface area contributed by atoms with Gasteiger partial charge in [-0.3, -0.25) is 9.59 Å². The second-order valence-electron chi connectivity index (χ2n) is 6.03. The Morgan fingerprint density at radius 2 is 1.92 bits per heavy atom. The second kappa shape index (κ2) is 7.66. The van der Waals surface area contributed by atoms with Crippen LogP contribution in [0.2, 0.25) is 5.02 Å². The van der Waals surface area contributed by atoms with E-state index in [9.17, 15) is 9.59 Å². The molecular weight excluding hydrogens is 336 g/mol. The lowest BCUT2D eigenvalue weighted by molar-refractivity contribution is -0.151. The molecule has 2 atom stereocenters. The number of carbonyl (C=O) groups is 2. The number of allylic oxidation sites excluding steroid dienone is 2. The quantitative estimate of drug-likeness (QED) is 0.592. The predicted octanol–water partition coefficient (Wildman–Crippen LogP) is 4.66. The van der Waals surface area contributed by atoms with Crippen LogP contribution < -0.4 is 0 Å². The number of halogens is 1. The van der Waals surface area contributed by atoms with E-state index in [-0.39, 0.29) is 18.3 Å². The number of benzene rings is 2. The molecule has 1 aliphatic rings. The zero-order chi connectivity index (χ0) is 17.8. The maximum atomic E-state index is 12.8. The van der Waals surface area contributed by atoms with E-state index in [1.807, 2.05) is 48.5 Å². The predicted molar refractivity (Wildman–Crippen MR) is 98.4 cm³/mol. The number of carbonyl (C=O) groups excluding carboxylic acids is 2. The molecule has 1 aliphatic carbocycles. The van der Waals surface area contributed by atoms with E-state index in [0.29, 0.717) is 11.4 Å². The van der Waals surface area contributed by atoms with Gasteiger partial charge in [-0.2, -0.15) is 0 Å². The first-order valence-electron chi connectivity index (χ1n) is 8.32. The first-order valence-corrected chi connectivity index (χ1v) is 8.70. The van der Waals surface area contributed by atoms with Crippen LogP contribution in [-0.2, 0) is 14.3 Å². The minimum absolute atomic E-state index is 0.214. The van der Waals surface area contributed by atoms with Crippen molar-refractivity contribution in [3.8, 4) is 0 Å². The van der Waals surface area contributed by atoms with Gasteiger partial charge in [0, 0.05) is 10.9 Å². The molecule has 25 heavy (non-hydrogen) atoms. The van der Waals surface area contributed by atoms with Crippen molar-refractivity contribution in [3.63, 3.8) is 0 Å². The van der Waals surface area contributed by atoms with E-state index in [1.165, 1.54) is 0 Å².